The van der Waals surface area contributed by atoms with Crippen LogP contribution in [0.4, 0.5) is 0 Å². The van der Waals surface area contributed by atoms with Crippen LogP contribution in [0.3, 0.4) is 0 Å². The van der Waals surface area contributed by atoms with Crippen LogP contribution in [0.15, 0.2) is 24.3 Å². The molecule has 6 heteroatoms. The van der Waals surface area contributed by atoms with Crippen LogP contribution in [-0.2, 0) is 0 Å². The lowest BCUT2D eigenvalue weighted by Gasteiger charge is -2.15. The number of rotatable bonds is 8. The summed E-state index contributed by atoms with van der Waals surface area (Å²) in [7, 11) is 1.59. The van der Waals surface area contributed by atoms with Gasteiger partial charge in [0.2, 0.25) is 0 Å². The highest BCUT2D eigenvalue weighted by atomic mass is 32.1. The molecule has 0 aromatic heterocycles. The Morgan fingerprint density at radius 3 is 2.52 bits per heavy atom. The molecule has 0 fully saturated rings. The van der Waals surface area contributed by atoms with E-state index in [1.165, 1.54) is 25.7 Å². The Balaban J connectivity index is 2.25. The number of nitrogens with one attached hydrogen (secondary N) is 3. The monoisotopic (exact) mass is 337 g/mol. The van der Waals surface area contributed by atoms with Crippen molar-refractivity contribution in [2.24, 2.45) is 5.92 Å². The maximum absolute atomic E-state index is 12.0. The summed E-state index contributed by atoms with van der Waals surface area (Å²) in [4.78, 5) is 12.0. The Hall–Kier alpha value is -1.82. The Morgan fingerprint density at radius 1 is 1.22 bits per heavy atom. The van der Waals surface area contributed by atoms with Crippen LogP contribution in [0, 0.1) is 5.92 Å². The van der Waals surface area contributed by atoms with Crippen molar-refractivity contribution in [2.45, 2.75) is 39.5 Å². The standard InChI is InChI=1S/C17H27N3O2S/c1-4-5-6-7-13(2)12-18-17(23)20-19-16(21)14-8-10-15(22-3)11-9-14/h8-11,13H,4-7,12H2,1-3H3,(H,19,21)(H2,18,20,23)/t13-/m1/s1. The SMILES string of the molecule is CCCCC[C@@H](C)CNC(=S)NNC(=O)c1ccc(OC)cc1. The normalized spacial score (nSPS) is 11.4. The van der Waals surface area contributed by atoms with E-state index in [4.69, 9.17) is 17.0 Å². The van der Waals surface area contributed by atoms with Gasteiger partial charge in [0.15, 0.2) is 5.11 Å². The van der Waals surface area contributed by atoms with E-state index in [2.05, 4.69) is 30.0 Å². The molecule has 1 rings (SSSR count). The van der Waals surface area contributed by atoms with Crippen LogP contribution in [-0.4, -0.2) is 24.7 Å². The molecular weight excluding hydrogens is 310 g/mol. The summed E-state index contributed by atoms with van der Waals surface area (Å²) >= 11 is 5.16. The van der Waals surface area contributed by atoms with E-state index in [0.717, 1.165) is 6.54 Å². The molecule has 3 N–H and O–H groups in total. The van der Waals surface area contributed by atoms with E-state index in [9.17, 15) is 4.79 Å². The molecule has 0 radical (unpaired) electrons. The first-order chi connectivity index (χ1) is 11.1. The summed E-state index contributed by atoms with van der Waals surface area (Å²) in [6.45, 7) is 5.20. The molecular formula is C17H27N3O2S. The molecule has 1 amide bonds. The summed E-state index contributed by atoms with van der Waals surface area (Å²) < 4.78 is 5.06. The summed E-state index contributed by atoms with van der Waals surface area (Å²) in [5.41, 5.74) is 5.84. The van der Waals surface area contributed by atoms with Crippen molar-refractivity contribution in [3.8, 4) is 5.75 Å². The Morgan fingerprint density at radius 2 is 1.91 bits per heavy atom. The van der Waals surface area contributed by atoms with Gasteiger partial charge < -0.3 is 10.1 Å². The van der Waals surface area contributed by atoms with Gasteiger partial charge in [-0.15, -0.1) is 0 Å². The number of benzene rings is 1. The van der Waals surface area contributed by atoms with Crippen molar-refractivity contribution in [2.75, 3.05) is 13.7 Å². The number of methoxy groups -OCH3 is 1. The van der Waals surface area contributed by atoms with Gasteiger partial charge in [-0.3, -0.25) is 15.6 Å². The number of ether oxygens (including phenoxy) is 1. The highest BCUT2D eigenvalue weighted by molar-refractivity contribution is 7.80. The number of amides is 1. The fourth-order valence-electron chi connectivity index (χ4n) is 2.08. The zero-order valence-electron chi connectivity index (χ0n) is 14.1. The maximum Gasteiger partial charge on any atom is 0.269 e. The van der Waals surface area contributed by atoms with E-state index in [-0.39, 0.29) is 5.91 Å². The topological polar surface area (TPSA) is 62.4 Å². The maximum atomic E-state index is 12.0. The van der Waals surface area contributed by atoms with Crippen LogP contribution in [0.25, 0.3) is 0 Å². The molecule has 23 heavy (non-hydrogen) atoms. The van der Waals surface area contributed by atoms with Crippen molar-refractivity contribution >= 4 is 23.2 Å². The fourth-order valence-corrected chi connectivity index (χ4v) is 2.22. The lowest BCUT2D eigenvalue weighted by Crippen LogP contribution is -2.47. The fraction of sp³-hybridized carbons (Fsp3) is 0.529. The van der Waals surface area contributed by atoms with Crippen molar-refractivity contribution in [1.29, 1.82) is 0 Å². The van der Waals surface area contributed by atoms with Gasteiger partial charge in [0, 0.05) is 12.1 Å². The lowest BCUT2D eigenvalue weighted by molar-refractivity contribution is 0.0943. The van der Waals surface area contributed by atoms with E-state index in [1.54, 1.807) is 31.4 Å². The molecule has 0 spiro atoms. The van der Waals surface area contributed by atoms with Gasteiger partial charge in [0.1, 0.15) is 5.75 Å². The Kier molecular flexibility index (Phi) is 9.05. The smallest absolute Gasteiger partial charge is 0.269 e. The highest BCUT2D eigenvalue weighted by Gasteiger charge is 2.07. The second kappa shape index (κ2) is 10.8. The predicted octanol–water partition coefficient (Wildman–Crippen LogP) is 3.02. The van der Waals surface area contributed by atoms with E-state index in [1.807, 2.05) is 0 Å². The lowest BCUT2D eigenvalue weighted by atomic mass is 10.0. The average Bonchev–Trinajstić information content (AvgIpc) is 2.58. The minimum Gasteiger partial charge on any atom is -0.497 e. The Bertz CT molecular complexity index is 491. The number of hydrogen-bond donors (Lipinski definition) is 3. The summed E-state index contributed by atoms with van der Waals surface area (Å²) in [6.07, 6.45) is 4.93. The predicted molar refractivity (Wildman–Crippen MR) is 97.5 cm³/mol. The second-order valence-electron chi connectivity index (χ2n) is 5.62. The van der Waals surface area contributed by atoms with Gasteiger partial charge in [0.25, 0.3) is 5.91 Å². The molecule has 0 aliphatic carbocycles. The van der Waals surface area contributed by atoms with Gasteiger partial charge in [-0.05, 0) is 48.8 Å². The van der Waals surface area contributed by atoms with Gasteiger partial charge >= 0.3 is 0 Å². The van der Waals surface area contributed by atoms with Gasteiger partial charge in [-0.1, -0.05) is 33.1 Å². The van der Waals surface area contributed by atoms with Crippen LogP contribution < -0.4 is 20.9 Å². The zero-order valence-corrected chi connectivity index (χ0v) is 15.0. The molecule has 0 aliphatic rings. The summed E-state index contributed by atoms with van der Waals surface area (Å²) in [6, 6.07) is 6.87. The number of carbonyl (C=O) groups excluding carboxylic acids is 1. The van der Waals surface area contributed by atoms with Gasteiger partial charge in [-0.2, -0.15) is 0 Å². The minimum atomic E-state index is -0.243. The molecule has 0 bridgehead atoms. The third-order valence-corrected chi connectivity index (χ3v) is 3.80. The number of hydrogen-bond acceptors (Lipinski definition) is 3. The molecule has 5 nitrogen and oxygen atoms in total. The second-order valence-corrected chi connectivity index (χ2v) is 6.03. The molecule has 1 aromatic carbocycles. The molecule has 1 aromatic rings. The first-order valence-electron chi connectivity index (χ1n) is 8.05. The van der Waals surface area contributed by atoms with Crippen LogP contribution in [0.1, 0.15) is 49.9 Å². The first kappa shape index (κ1) is 19.2. The molecule has 0 saturated heterocycles. The van der Waals surface area contributed by atoms with Crippen LogP contribution in [0.5, 0.6) is 5.75 Å². The van der Waals surface area contributed by atoms with E-state index in [0.29, 0.717) is 22.3 Å². The molecule has 0 saturated carbocycles. The Labute approximate surface area is 144 Å². The third kappa shape index (κ3) is 7.83. The number of unbranched alkanes of at least 4 members (excludes halogenated alkanes) is 2. The van der Waals surface area contributed by atoms with Gasteiger partial charge in [-0.25, -0.2) is 0 Å². The molecule has 0 heterocycles. The van der Waals surface area contributed by atoms with E-state index >= 15 is 0 Å². The molecule has 1 atom stereocenters. The number of carbonyl (C=O) groups is 1. The average molecular weight is 337 g/mol. The van der Waals surface area contributed by atoms with Crippen molar-refractivity contribution < 1.29 is 9.53 Å². The van der Waals surface area contributed by atoms with E-state index < -0.39 is 0 Å². The van der Waals surface area contributed by atoms with Crippen molar-refractivity contribution in [3.63, 3.8) is 0 Å². The van der Waals surface area contributed by atoms with Crippen LogP contribution in [0.2, 0.25) is 0 Å². The zero-order chi connectivity index (χ0) is 17.1. The quantitative estimate of drug-likeness (QED) is 0.387. The van der Waals surface area contributed by atoms with Crippen LogP contribution >= 0.6 is 12.2 Å². The van der Waals surface area contributed by atoms with Gasteiger partial charge in [0.05, 0.1) is 7.11 Å². The third-order valence-electron chi connectivity index (χ3n) is 3.55. The first-order valence-corrected chi connectivity index (χ1v) is 8.45. The molecule has 0 aliphatic heterocycles. The largest absolute Gasteiger partial charge is 0.497 e. The van der Waals surface area contributed by atoms with Crippen molar-refractivity contribution in [1.82, 2.24) is 16.2 Å². The minimum absolute atomic E-state index is 0.243. The molecule has 128 valence electrons. The summed E-state index contributed by atoms with van der Waals surface area (Å²) in [5.74, 6) is 1.02. The highest BCUT2D eigenvalue weighted by Crippen LogP contribution is 2.11. The molecule has 0 unspecified atom stereocenters. The summed E-state index contributed by atoms with van der Waals surface area (Å²) in [5, 5.41) is 3.55. The van der Waals surface area contributed by atoms with Crippen molar-refractivity contribution in [3.05, 3.63) is 29.8 Å². The number of thiocarbonyl (C=S) groups is 1. The number of hydrazine groups is 1.